The summed E-state index contributed by atoms with van der Waals surface area (Å²) in [5, 5.41) is 29.3. The second-order valence-corrected chi connectivity index (χ2v) is 7.14. The van der Waals surface area contributed by atoms with Crippen LogP contribution in [0.15, 0.2) is 0 Å². The van der Waals surface area contributed by atoms with E-state index in [2.05, 4.69) is 0 Å². The van der Waals surface area contributed by atoms with E-state index in [1.54, 1.807) is 6.92 Å². The van der Waals surface area contributed by atoms with Crippen molar-refractivity contribution in [2.45, 2.75) is 87.7 Å². The fourth-order valence-electron chi connectivity index (χ4n) is 4.06. The van der Waals surface area contributed by atoms with E-state index in [9.17, 15) is 10.2 Å². The summed E-state index contributed by atoms with van der Waals surface area (Å²) >= 11 is 0. The lowest BCUT2D eigenvalue weighted by Crippen LogP contribution is -2.60. The summed E-state index contributed by atoms with van der Waals surface area (Å²) in [6.45, 7) is 1.81. The number of ether oxygens (including phenoxy) is 3. The summed E-state index contributed by atoms with van der Waals surface area (Å²) < 4.78 is 18.4. The van der Waals surface area contributed by atoms with Gasteiger partial charge in [0.2, 0.25) is 5.79 Å². The van der Waals surface area contributed by atoms with E-state index in [0.29, 0.717) is 32.1 Å². The monoisotopic (exact) mass is 316 g/mol. The Kier molecular flexibility index (Phi) is 4.53. The molecule has 128 valence electrons. The van der Waals surface area contributed by atoms with Gasteiger partial charge in [0.05, 0.1) is 18.8 Å². The van der Waals surface area contributed by atoms with Crippen molar-refractivity contribution in [2.75, 3.05) is 13.2 Å². The smallest absolute Gasteiger partial charge is 0.200 e. The highest BCUT2D eigenvalue weighted by molar-refractivity contribution is 5.03. The first kappa shape index (κ1) is 16.6. The number of aliphatic hydroxyl groups excluding tert-OH is 2. The van der Waals surface area contributed by atoms with Gasteiger partial charge in [0.25, 0.3) is 0 Å². The fourth-order valence-corrected chi connectivity index (χ4v) is 4.06. The maximum Gasteiger partial charge on any atom is 0.200 e. The first-order valence-electron chi connectivity index (χ1n) is 8.44. The second-order valence-electron chi connectivity index (χ2n) is 7.14. The van der Waals surface area contributed by atoms with Gasteiger partial charge in [0.1, 0.15) is 5.60 Å². The number of aliphatic hydroxyl groups is 3. The lowest BCUT2D eigenvalue weighted by Gasteiger charge is -2.50. The SMILES string of the molecule is C[C@]1(O)CC[C@H](CCO)O[C@]12CC[C@]1(CCC[C@@H](CO)O1)O2. The van der Waals surface area contributed by atoms with Gasteiger partial charge in [-0.2, -0.15) is 0 Å². The average molecular weight is 316 g/mol. The quantitative estimate of drug-likeness (QED) is 0.722. The molecule has 6 nitrogen and oxygen atoms in total. The Morgan fingerprint density at radius 2 is 1.82 bits per heavy atom. The highest BCUT2D eigenvalue weighted by Gasteiger charge is 2.62. The maximum absolute atomic E-state index is 10.8. The molecule has 0 saturated carbocycles. The minimum absolute atomic E-state index is 0.0114. The predicted octanol–water partition coefficient (Wildman–Crippen LogP) is 1.06. The third kappa shape index (κ3) is 2.81. The van der Waals surface area contributed by atoms with E-state index in [4.69, 9.17) is 19.3 Å². The molecule has 3 N–H and O–H groups in total. The summed E-state index contributed by atoms with van der Waals surface area (Å²) in [4.78, 5) is 0. The van der Waals surface area contributed by atoms with Gasteiger partial charge in [0.15, 0.2) is 5.79 Å². The van der Waals surface area contributed by atoms with Crippen LogP contribution >= 0.6 is 0 Å². The Bertz CT molecular complexity index is 400. The van der Waals surface area contributed by atoms with Gasteiger partial charge in [-0.3, -0.25) is 0 Å². The van der Waals surface area contributed by atoms with E-state index < -0.39 is 17.2 Å². The number of hydrogen-bond donors (Lipinski definition) is 3. The third-order valence-electron chi connectivity index (χ3n) is 5.44. The molecule has 3 fully saturated rings. The van der Waals surface area contributed by atoms with Crippen molar-refractivity contribution < 1.29 is 29.5 Å². The van der Waals surface area contributed by atoms with Crippen LogP contribution in [-0.4, -0.2) is 57.9 Å². The van der Waals surface area contributed by atoms with Gasteiger partial charge in [0, 0.05) is 25.9 Å². The topological polar surface area (TPSA) is 88.4 Å². The Morgan fingerprint density at radius 1 is 1.00 bits per heavy atom. The molecule has 3 heterocycles. The standard InChI is InChI=1S/C16H28O6/c1-14(19)7-4-12(5-10-17)21-16(14)9-8-15(22-16)6-2-3-13(11-18)20-15/h12-13,17-19H,2-11H2,1H3/t12-,13+,14+,15+,16+/m1/s1. The second kappa shape index (κ2) is 6.00. The van der Waals surface area contributed by atoms with Crippen molar-refractivity contribution in [3.05, 3.63) is 0 Å². The molecule has 0 aromatic rings. The van der Waals surface area contributed by atoms with Gasteiger partial charge < -0.3 is 29.5 Å². The average Bonchev–Trinajstić information content (AvgIpc) is 2.83. The molecular weight excluding hydrogens is 288 g/mol. The van der Waals surface area contributed by atoms with Crippen LogP contribution < -0.4 is 0 Å². The Balaban J connectivity index is 1.77. The van der Waals surface area contributed by atoms with Crippen LogP contribution in [-0.2, 0) is 14.2 Å². The molecule has 3 saturated heterocycles. The molecule has 3 aliphatic heterocycles. The van der Waals surface area contributed by atoms with Crippen molar-refractivity contribution in [1.29, 1.82) is 0 Å². The van der Waals surface area contributed by atoms with E-state index in [0.717, 1.165) is 19.3 Å². The van der Waals surface area contributed by atoms with Crippen LogP contribution in [0.4, 0.5) is 0 Å². The third-order valence-corrected chi connectivity index (χ3v) is 5.44. The van der Waals surface area contributed by atoms with E-state index >= 15 is 0 Å². The molecule has 0 unspecified atom stereocenters. The largest absolute Gasteiger partial charge is 0.396 e. The van der Waals surface area contributed by atoms with Crippen LogP contribution in [0, 0.1) is 0 Å². The summed E-state index contributed by atoms with van der Waals surface area (Å²) in [7, 11) is 0. The summed E-state index contributed by atoms with van der Waals surface area (Å²) in [6.07, 6.45) is 5.30. The fraction of sp³-hybridized carbons (Fsp3) is 1.00. The molecule has 0 aromatic carbocycles. The zero-order valence-corrected chi connectivity index (χ0v) is 13.3. The normalized spacial score (nSPS) is 49.1. The minimum Gasteiger partial charge on any atom is -0.396 e. The Labute approximate surface area is 131 Å². The van der Waals surface area contributed by atoms with Crippen molar-refractivity contribution in [2.24, 2.45) is 0 Å². The molecule has 0 bridgehead atoms. The zero-order valence-electron chi connectivity index (χ0n) is 13.3. The Morgan fingerprint density at radius 3 is 2.55 bits per heavy atom. The van der Waals surface area contributed by atoms with Crippen LogP contribution in [0.5, 0.6) is 0 Å². The van der Waals surface area contributed by atoms with Gasteiger partial charge in [-0.15, -0.1) is 0 Å². The molecule has 6 heteroatoms. The van der Waals surface area contributed by atoms with Crippen molar-refractivity contribution in [1.82, 2.24) is 0 Å². The summed E-state index contributed by atoms with van der Waals surface area (Å²) in [5.74, 6) is -1.82. The molecule has 0 amide bonds. The highest BCUT2D eigenvalue weighted by atomic mass is 16.8. The van der Waals surface area contributed by atoms with Crippen LogP contribution in [0.1, 0.15) is 58.3 Å². The van der Waals surface area contributed by atoms with Crippen molar-refractivity contribution in [3.8, 4) is 0 Å². The van der Waals surface area contributed by atoms with Crippen LogP contribution in [0.3, 0.4) is 0 Å². The first-order chi connectivity index (χ1) is 10.4. The molecule has 0 aliphatic carbocycles. The molecule has 22 heavy (non-hydrogen) atoms. The van der Waals surface area contributed by atoms with Crippen LogP contribution in [0.25, 0.3) is 0 Å². The number of rotatable bonds is 3. The van der Waals surface area contributed by atoms with Crippen molar-refractivity contribution >= 4 is 0 Å². The lowest BCUT2D eigenvalue weighted by atomic mass is 9.83. The van der Waals surface area contributed by atoms with Crippen molar-refractivity contribution in [3.63, 3.8) is 0 Å². The van der Waals surface area contributed by atoms with E-state index in [-0.39, 0.29) is 25.4 Å². The molecular formula is C16H28O6. The van der Waals surface area contributed by atoms with Gasteiger partial charge in [-0.25, -0.2) is 0 Å². The van der Waals surface area contributed by atoms with E-state index in [1.165, 1.54) is 0 Å². The molecule has 0 radical (unpaired) electrons. The highest BCUT2D eigenvalue weighted by Crippen LogP contribution is 2.53. The molecule has 0 aromatic heterocycles. The minimum atomic E-state index is -1.07. The zero-order chi connectivity index (χ0) is 15.8. The van der Waals surface area contributed by atoms with E-state index in [1.807, 2.05) is 0 Å². The lowest BCUT2D eigenvalue weighted by molar-refractivity contribution is -0.402. The van der Waals surface area contributed by atoms with Gasteiger partial charge in [-0.1, -0.05) is 0 Å². The molecule has 3 rings (SSSR count). The predicted molar refractivity (Wildman–Crippen MR) is 78.0 cm³/mol. The summed E-state index contributed by atoms with van der Waals surface area (Å²) in [5.41, 5.74) is -1.07. The molecule has 5 atom stereocenters. The Hall–Kier alpha value is -0.240. The number of hydrogen-bond acceptors (Lipinski definition) is 6. The molecule has 2 spiro atoms. The first-order valence-corrected chi connectivity index (χ1v) is 8.44. The van der Waals surface area contributed by atoms with Crippen LogP contribution in [0.2, 0.25) is 0 Å². The maximum atomic E-state index is 10.8. The van der Waals surface area contributed by atoms with Gasteiger partial charge in [-0.05, 0) is 39.0 Å². The molecule has 3 aliphatic rings. The van der Waals surface area contributed by atoms with Gasteiger partial charge >= 0.3 is 0 Å². The summed E-state index contributed by atoms with van der Waals surface area (Å²) in [6, 6.07) is 0.